The summed E-state index contributed by atoms with van der Waals surface area (Å²) in [6.07, 6.45) is 5.12. The molecule has 2 aliphatic rings. The molecular weight excluding hydrogens is 448 g/mol. The van der Waals surface area contributed by atoms with Crippen molar-refractivity contribution in [2.75, 3.05) is 26.2 Å². The van der Waals surface area contributed by atoms with Crippen LogP contribution in [0, 0.1) is 12.3 Å². The normalized spacial score (nSPS) is 20.7. The van der Waals surface area contributed by atoms with Crippen molar-refractivity contribution in [3.63, 3.8) is 0 Å². The van der Waals surface area contributed by atoms with Crippen molar-refractivity contribution in [3.8, 4) is 5.75 Å². The summed E-state index contributed by atoms with van der Waals surface area (Å²) in [5, 5.41) is 6.67. The van der Waals surface area contributed by atoms with Crippen LogP contribution >= 0.6 is 15.9 Å². The van der Waals surface area contributed by atoms with Gasteiger partial charge in [0.2, 0.25) is 11.8 Å². The average Bonchev–Trinajstić information content (AvgIpc) is 3.27. The number of rotatable bonds is 9. The molecule has 2 saturated heterocycles. The molecule has 0 unspecified atom stereocenters. The molecule has 2 heterocycles. The minimum absolute atomic E-state index is 0.0528. The van der Waals surface area contributed by atoms with Crippen molar-refractivity contribution in [2.24, 2.45) is 11.7 Å². The molecule has 2 amide bonds. The lowest BCUT2D eigenvalue weighted by Crippen LogP contribution is -2.41. The number of piperidine rings is 1. The Kier molecular flexibility index (Phi) is 8.53. The third-order valence-electron chi connectivity index (χ3n) is 5.82. The van der Waals surface area contributed by atoms with Crippen LogP contribution in [0.3, 0.4) is 0 Å². The molecule has 1 radical (unpaired) electrons. The maximum absolute atomic E-state index is 12.9. The van der Waals surface area contributed by atoms with Crippen LogP contribution in [0.4, 0.5) is 0 Å². The van der Waals surface area contributed by atoms with E-state index >= 15 is 0 Å². The Morgan fingerprint density at radius 2 is 2.00 bits per heavy atom. The fraction of sp³-hybridized carbons (Fsp3) is 0.591. The number of nitrogens with one attached hydrogen (secondary N) is 2. The van der Waals surface area contributed by atoms with Crippen LogP contribution in [0.5, 0.6) is 5.75 Å². The first-order chi connectivity index (χ1) is 14.4. The zero-order chi connectivity index (χ0) is 21.5. The van der Waals surface area contributed by atoms with Crippen LogP contribution in [0.2, 0.25) is 0 Å². The number of ether oxygens (including phenoxy) is 1. The number of benzene rings is 1. The third kappa shape index (κ3) is 6.43. The van der Waals surface area contributed by atoms with E-state index in [0.29, 0.717) is 13.0 Å². The van der Waals surface area contributed by atoms with Crippen molar-refractivity contribution < 1.29 is 14.3 Å². The van der Waals surface area contributed by atoms with E-state index in [2.05, 4.69) is 26.6 Å². The highest BCUT2D eigenvalue weighted by atomic mass is 79.9. The molecule has 2 aliphatic heterocycles. The topological polar surface area (TPSA) is 96.7 Å². The van der Waals surface area contributed by atoms with Crippen LogP contribution in [0.15, 0.2) is 22.7 Å². The van der Waals surface area contributed by atoms with Crippen LogP contribution in [-0.2, 0) is 16.1 Å². The number of carbonyl (C=O) groups is 2. The van der Waals surface area contributed by atoms with E-state index < -0.39 is 0 Å². The molecule has 0 aliphatic carbocycles. The highest BCUT2D eigenvalue weighted by Crippen LogP contribution is 2.29. The Morgan fingerprint density at radius 1 is 1.27 bits per heavy atom. The molecule has 8 heteroatoms. The summed E-state index contributed by atoms with van der Waals surface area (Å²) in [5.41, 5.74) is 6.37. The highest BCUT2D eigenvalue weighted by Gasteiger charge is 2.27. The largest absolute Gasteiger partial charge is 0.489 e. The first-order valence-corrected chi connectivity index (χ1v) is 11.5. The van der Waals surface area contributed by atoms with E-state index in [0.717, 1.165) is 61.2 Å². The molecule has 3 rings (SSSR count). The fourth-order valence-corrected chi connectivity index (χ4v) is 4.35. The molecule has 4 N–H and O–H groups in total. The van der Waals surface area contributed by atoms with E-state index in [1.54, 1.807) is 13.3 Å². The zero-order valence-corrected chi connectivity index (χ0v) is 19.1. The zero-order valence-electron chi connectivity index (χ0n) is 17.5. The first-order valence-electron chi connectivity index (χ1n) is 10.7. The summed E-state index contributed by atoms with van der Waals surface area (Å²) in [6, 6.07) is 6.18. The minimum atomic E-state index is -0.388. The van der Waals surface area contributed by atoms with E-state index in [4.69, 9.17) is 10.5 Å². The second-order valence-corrected chi connectivity index (χ2v) is 9.04. The molecule has 0 bridgehead atoms. The third-order valence-corrected chi connectivity index (χ3v) is 6.44. The van der Waals surface area contributed by atoms with Gasteiger partial charge in [-0.05, 0) is 78.9 Å². The molecule has 2 atom stereocenters. The van der Waals surface area contributed by atoms with Gasteiger partial charge in [-0.3, -0.25) is 9.59 Å². The van der Waals surface area contributed by atoms with E-state index in [1.807, 2.05) is 23.1 Å². The van der Waals surface area contributed by atoms with Crippen LogP contribution in [0.1, 0.15) is 38.2 Å². The van der Waals surface area contributed by atoms with E-state index in [9.17, 15) is 9.59 Å². The monoisotopic (exact) mass is 479 g/mol. The Morgan fingerprint density at radius 3 is 2.63 bits per heavy atom. The van der Waals surface area contributed by atoms with Gasteiger partial charge in [0, 0.05) is 25.0 Å². The first kappa shape index (κ1) is 23.0. The molecule has 30 heavy (non-hydrogen) atoms. The van der Waals surface area contributed by atoms with Crippen LogP contribution in [0.25, 0.3) is 0 Å². The summed E-state index contributed by atoms with van der Waals surface area (Å²) in [6.45, 7) is 5.90. The lowest BCUT2D eigenvalue weighted by molar-refractivity contribution is -0.130. The summed E-state index contributed by atoms with van der Waals surface area (Å²) >= 11 is 3.63. The van der Waals surface area contributed by atoms with Gasteiger partial charge in [-0.1, -0.05) is 13.0 Å². The molecule has 165 valence electrons. The lowest BCUT2D eigenvalue weighted by atomic mass is 10.0. The summed E-state index contributed by atoms with van der Waals surface area (Å²) in [4.78, 5) is 26.1. The molecule has 1 aromatic rings. The van der Waals surface area contributed by atoms with Gasteiger partial charge in [-0.2, -0.15) is 0 Å². The number of hydrogen-bond donors (Lipinski definition) is 3. The molecular formula is C22H32BrN4O3. The molecule has 1 aromatic carbocycles. The van der Waals surface area contributed by atoms with Crippen molar-refractivity contribution in [3.05, 3.63) is 34.7 Å². The molecule has 2 fully saturated rings. The van der Waals surface area contributed by atoms with Gasteiger partial charge in [0.15, 0.2) is 0 Å². The molecule has 0 spiro atoms. The van der Waals surface area contributed by atoms with Crippen molar-refractivity contribution in [2.45, 2.75) is 51.3 Å². The number of nitrogens with zero attached hydrogens (tertiary/aromatic N) is 1. The maximum Gasteiger partial charge on any atom is 0.227 e. The number of primary amides is 1. The van der Waals surface area contributed by atoms with Gasteiger partial charge < -0.3 is 26.0 Å². The standard InChI is InChI=1S/C22H32BrN4O3/c1-15(22(24)29)2-5-21(28)27(17-6-9-26-13-17)14-16-3-4-20(19(23)12-16)30-18-7-10-25-11-8-18/h3-5,12,15,17-18,25-26H,2,6-11,13-14H2,1H3,(H2,24,29)/t15-,17-/m0/s1. The van der Waals surface area contributed by atoms with Crippen molar-refractivity contribution >= 4 is 27.7 Å². The number of amides is 2. The second-order valence-electron chi connectivity index (χ2n) is 8.19. The second kappa shape index (κ2) is 11.1. The van der Waals surface area contributed by atoms with Crippen molar-refractivity contribution in [1.29, 1.82) is 0 Å². The minimum Gasteiger partial charge on any atom is -0.489 e. The Bertz CT molecular complexity index is 733. The predicted molar refractivity (Wildman–Crippen MR) is 120 cm³/mol. The van der Waals surface area contributed by atoms with Gasteiger partial charge in [0.1, 0.15) is 11.9 Å². The van der Waals surface area contributed by atoms with Gasteiger partial charge >= 0.3 is 0 Å². The number of hydrogen-bond acceptors (Lipinski definition) is 5. The smallest absolute Gasteiger partial charge is 0.227 e. The number of carbonyl (C=O) groups excluding carboxylic acids is 2. The van der Waals surface area contributed by atoms with Crippen LogP contribution < -0.4 is 21.1 Å². The summed E-state index contributed by atoms with van der Waals surface area (Å²) < 4.78 is 7.06. The van der Waals surface area contributed by atoms with Gasteiger partial charge in [0.05, 0.1) is 10.9 Å². The van der Waals surface area contributed by atoms with E-state index in [-0.39, 0.29) is 29.9 Å². The van der Waals surface area contributed by atoms with Crippen LogP contribution in [-0.4, -0.2) is 55.0 Å². The van der Waals surface area contributed by atoms with Gasteiger partial charge in [0.25, 0.3) is 0 Å². The number of nitrogens with two attached hydrogens (primary N) is 1. The van der Waals surface area contributed by atoms with Gasteiger partial charge in [-0.15, -0.1) is 0 Å². The summed E-state index contributed by atoms with van der Waals surface area (Å²) in [5.74, 6) is 0.0512. The Hall–Kier alpha value is -1.64. The summed E-state index contributed by atoms with van der Waals surface area (Å²) in [7, 11) is 0. The van der Waals surface area contributed by atoms with Gasteiger partial charge in [-0.25, -0.2) is 0 Å². The Balaban J connectivity index is 1.65. The van der Waals surface area contributed by atoms with Crippen molar-refractivity contribution in [1.82, 2.24) is 15.5 Å². The lowest BCUT2D eigenvalue weighted by Gasteiger charge is -2.29. The predicted octanol–water partition coefficient (Wildman–Crippen LogP) is 1.99. The fourth-order valence-electron chi connectivity index (χ4n) is 3.83. The quantitative estimate of drug-likeness (QED) is 0.503. The van der Waals surface area contributed by atoms with E-state index in [1.165, 1.54) is 0 Å². The Labute approximate surface area is 187 Å². The average molecular weight is 480 g/mol. The molecule has 7 nitrogen and oxygen atoms in total. The highest BCUT2D eigenvalue weighted by molar-refractivity contribution is 9.10. The SMILES string of the molecule is C[C@@H](C[CH]C(=O)N(Cc1ccc(OC2CCNCC2)c(Br)c1)[C@H]1CCNC1)C(N)=O. The maximum atomic E-state index is 12.9. The molecule has 0 aromatic heterocycles. The number of halogens is 1. The molecule has 0 saturated carbocycles.